The van der Waals surface area contributed by atoms with Gasteiger partial charge in [-0.05, 0) is 45.2 Å². The molecule has 0 bridgehead atoms. The standard InChI is InChI=1S/C8H5F2I2NO2/c1-15-8(14)4-3(6(9)10)2-13-7(12)5(4)11/h2,6H,1H3. The molecule has 0 radical (unpaired) electrons. The van der Waals surface area contributed by atoms with Crippen molar-refractivity contribution in [2.75, 3.05) is 7.11 Å². The Balaban J connectivity index is 3.41. The molecular weight excluding hydrogens is 434 g/mol. The van der Waals surface area contributed by atoms with Gasteiger partial charge in [0.05, 0.1) is 21.8 Å². The van der Waals surface area contributed by atoms with Gasteiger partial charge in [0.25, 0.3) is 6.43 Å². The molecule has 0 amide bonds. The summed E-state index contributed by atoms with van der Waals surface area (Å²) in [6, 6.07) is 0. The molecule has 0 aliphatic heterocycles. The van der Waals surface area contributed by atoms with Crippen LogP contribution in [0.5, 0.6) is 0 Å². The Morgan fingerprint density at radius 1 is 1.53 bits per heavy atom. The highest BCUT2D eigenvalue weighted by Gasteiger charge is 2.24. The van der Waals surface area contributed by atoms with Gasteiger partial charge in [0, 0.05) is 6.20 Å². The third-order valence-electron chi connectivity index (χ3n) is 1.63. The molecule has 0 aliphatic carbocycles. The molecule has 0 saturated carbocycles. The lowest BCUT2D eigenvalue weighted by Gasteiger charge is -2.09. The number of carbonyl (C=O) groups is 1. The number of halogens is 4. The maximum Gasteiger partial charge on any atom is 0.339 e. The van der Waals surface area contributed by atoms with E-state index in [0.717, 1.165) is 13.3 Å². The maximum absolute atomic E-state index is 12.6. The fourth-order valence-corrected chi connectivity index (χ4v) is 2.03. The van der Waals surface area contributed by atoms with E-state index >= 15 is 0 Å². The summed E-state index contributed by atoms with van der Waals surface area (Å²) in [5, 5.41) is 0. The molecule has 0 aromatic carbocycles. The van der Waals surface area contributed by atoms with Crippen LogP contribution in [0, 0.1) is 7.27 Å². The minimum Gasteiger partial charge on any atom is -0.465 e. The molecule has 1 aromatic rings. The molecule has 1 rings (SSSR count). The van der Waals surface area contributed by atoms with Gasteiger partial charge in [0.2, 0.25) is 0 Å². The average Bonchev–Trinajstić information content (AvgIpc) is 2.20. The van der Waals surface area contributed by atoms with Crippen LogP contribution in [0.15, 0.2) is 6.20 Å². The zero-order valence-corrected chi connectivity index (χ0v) is 11.7. The number of esters is 1. The van der Waals surface area contributed by atoms with Crippen LogP contribution in [0.4, 0.5) is 8.78 Å². The molecule has 0 spiro atoms. The molecule has 0 atom stereocenters. The second-order valence-electron chi connectivity index (χ2n) is 2.49. The van der Waals surface area contributed by atoms with Gasteiger partial charge < -0.3 is 4.74 Å². The van der Waals surface area contributed by atoms with Gasteiger partial charge >= 0.3 is 5.97 Å². The number of methoxy groups -OCH3 is 1. The third kappa shape index (κ3) is 2.74. The Hall–Kier alpha value is -0.0600. The number of ether oxygens (including phenoxy) is 1. The molecular formula is C8H5F2I2NO2. The van der Waals surface area contributed by atoms with Gasteiger partial charge in [-0.25, -0.2) is 18.6 Å². The van der Waals surface area contributed by atoms with Gasteiger partial charge in [0.1, 0.15) is 3.70 Å². The Kier molecular flexibility index (Phi) is 4.62. The van der Waals surface area contributed by atoms with Crippen LogP contribution < -0.4 is 0 Å². The smallest absolute Gasteiger partial charge is 0.339 e. The van der Waals surface area contributed by atoms with E-state index < -0.39 is 18.0 Å². The summed E-state index contributed by atoms with van der Waals surface area (Å²) in [7, 11) is 1.15. The number of hydrogen-bond donors (Lipinski definition) is 0. The first kappa shape index (κ1) is 13.0. The van der Waals surface area contributed by atoms with E-state index in [0.29, 0.717) is 7.27 Å². The summed E-state index contributed by atoms with van der Waals surface area (Å²) in [6.07, 6.45) is -1.74. The Morgan fingerprint density at radius 2 is 2.13 bits per heavy atom. The Labute approximate surface area is 112 Å². The maximum atomic E-state index is 12.6. The Bertz CT molecular complexity index is 398. The van der Waals surface area contributed by atoms with E-state index in [1.807, 2.05) is 22.6 Å². The van der Waals surface area contributed by atoms with Gasteiger partial charge in [-0.15, -0.1) is 0 Å². The summed E-state index contributed by atoms with van der Waals surface area (Å²) >= 11 is 3.67. The number of pyridine rings is 1. The first-order valence-corrected chi connectivity index (χ1v) is 5.85. The number of rotatable bonds is 2. The molecule has 0 unspecified atom stereocenters. The minimum absolute atomic E-state index is 0.104. The van der Waals surface area contributed by atoms with E-state index in [1.165, 1.54) is 0 Å². The summed E-state index contributed by atoms with van der Waals surface area (Å²) in [6.45, 7) is 0. The number of alkyl halides is 2. The number of carbonyl (C=O) groups excluding carboxylic acids is 1. The van der Waals surface area contributed by atoms with Crippen LogP contribution >= 0.6 is 45.2 Å². The van der Waals surface area contributed by atoms with Crippen molar-refractivity contribution in [1.82, 2.24) is 4.98 Å². The number of hydrogen-bond acceptors (Lipinski definition) is 3. The molecule has 82 valence electrons. The van der Waals surface area contributed by atoms with Crippen LogP contribution in [0.1, 0.15) is 22.3 Å². The first-order chi connectivity index (χ1) is 6.99. The normalized spacial score (nSPS) is 10.5. The fourth-order valence-electron chi connectivity index (χ4n) is 0.952. The molecule has 0 N–H and O–H groups in total. The summed E-state index contributed by atoms with van der Waals surface area (Å²) in [5.41, 5.74) is -0.501. The highest BCUT2D eigenvalue weighted by atomic mass is 127. The predicted octanol–water partition coefficient (Wildman–Crippen LogP) is 3.02. The van der Waals surface area contributed by atoms with Crippen molar-refractivity contribution in [2.24, 2.45) is 0 Å². The van der Waals surface area contributed by atoms with Gasteiger partial charge in [-0.2, -0.15) is 0 Å². The van der Waals surface area contributed by atoms with Crippen molar-refractivity contribution < 1.29 is 18.3 Å². The van der Waals surface area contributed by atoms with Crippen molar-refractivity contribution >= 4 is 51.2 Å². The van der Waals surface area contributed by atoms with E-state index in [-0.39, 0.29) is 5.56 Å². The van der Waals surface area contributed by atoms with Crippen LogP contribution in [-0.2, 0) is 4.74 Å². The Morgan fingerprint density at radius 3 is 2.60 bits per heavy atom. The number of nitrogens with zero attached hydrogens (tertiary/aromatic N) is 1. The molecule has 0 aliphatic rings. The van der Waals surface area contributed by atoms with Crippen molar-refractivity contribution in [3.63, 3.8) is 0 Å². The van der Waals surface area contributed by atoms with E-state index in [2.05, 4.69) is 9.72 Å². The lowest BCUT2D eigenvalue weighted by atomic mass is 10.1. The van der Waals surface area contributed by atoms with Gasteiger partial charge in [-0.3, -0.25) is 0 Å². The number of aromatic nitrogens is 1. The summed E-state index contributed by atoms with van der Waals surface area (Å²) < 4.78 is 30.5. The van der Waals surface area contributed by atoms with Gasteiger partial charge in [-0.1, -0.05) is 0 Å². The lowest BCUT2D eigenvalue weighted by molar-refractivity contribution is 0.0587. The third-order valence-corrected chi connectivity index (χ3v) is 4.53. The predicted molar refractivity (Wildman–Crippen MR) is 66.0 cm³/mol. The summed E-state index contributed by atoms with van der Waals surface area (Å²) in [5.74, 6) is -0.769. The van der Waals surface area contributed by atoms with Crippen molar-refractivity contribution in [3.8, 4) is 0 Å². The van der Waals surface area contributed by atoms with Crippen LogP contribution in [0.3, 0.4) is 0 Å². The van der Waals surface area contributed by atoms with Gasteiger partial charge in [0.15, 0.2) is 0 Å². The molecule has 0 fully saturated rings. The average molecular weight is 439 g/mol. The van der Waals surface area contributed by atoms with E-state index in [1.54, 1.807) is 22.6 Å². The second kappa shape index (κ2) is 5.32. The van der Waals surface area contributed by atoms with Crippen LogP contribution in [0.25, 0.3) is 0 Å². The van der Waals surface area contributed by atoms with Crippen molar-refractivity contribution in [1.29, 1.82) is 0 Å². The zero-order valence-electron chi connectivity index (χ0n) is 7.43. The molecule has 15 heavy (non-hydrogen) atoms. The topological polar surface area (TPSA) is 39.2 Å². The quantitative estimate of drug-likeness (QED) is 0.405. The molecule has 0 saturated heterocycles. The SMILES string of the molecule is COC(=O)c1c(C(F)F)cnc(I)c1I. The highest BCUT2D eigenvalue weighted by Crippen LogP contribution is 2.28. The molecule has 1 heterocycles. The monoisotopic (exact) mass is 439 g/mol. The first-order valence-electron chi connectivity index (χ1n) is 3.69. The zero-order chi connectivity index (χ0) is 11.6. The molecule has 3 nitrogen and oxygen atoms in total. The van der Waals surface area contributed by atoms with Crippen LogP contribution in [0.2, 0.25) is 0 Å². The lowest BCUT2D eigenvalue weighted by Crippen LogP contribution is -2.11. The largest absolute Gasteiger partial charge is 0.465 e. The van der Waals surface area contributed by atoms with E-state index in [9.17, 15) is 13.6 Å². The fraction of sp³-hybridized carbons (Fsp3) is 0.250. The van der Waals surface area contributed by atoms with Crippen LogP contribution in [-0.4, -0.2) is 18.1 Å². The second-order valence-corrected chi connectivity index (χ2v) is 4.59. The molecule has 7 heteroatoms. The minimum atomic E-state index is -2.74. The van der Waals surface area contributed by atoms with E-state index in [4.69, 9.17) is 0 Å². The highest BCUT2D eigenvalue weighted by molar-refractivity contribution is 14.1. The van der Waals surface area contributed by atoms with Crippen molar-refractivity contribution in [3.05, 3.63) is 24.6 Å². The molecule has 1 aromatic heterocycles. The van der Waals surface area contributed by atoms with Crippen molar-refractivity contribution in [2.45, 2.75) is 6.43 Å². The summed E-state index contributed by atoms with van der Waals surface area (Å²) in [4.78, 5) is 15.1.